The van der Waals surface area contributed by atoms with Gasteiger partial charge >= 0.3 is 16.1 Å². The van der Waals surface area contributed by atoms with Gasteiger partial charge in [0.25, 0.3) is 5.91 Å². The molecular weight excluding hydrogens is 515 g/mol. The first kappa shape index (κ1) is 25.8. The Morgan fingerprint density at radius 3 is 2.23 bits per heavy atom. The van der Waals surface area contributed by atoms with E-state index < -0.39 is 22.0 Å². The highest BCUT2D eigenvalue weighted by Crippen LogP contribution is 2.29. The lowest BCUT2D eigenvalue weighted by Gasteiger charge is -2.09. The number of rotatable bonds is 7. The molecule has 0 fully saturated rings. The van der Waals surface area contributed by atoms with E-state index in [1.54, 1.807) is 6.07 Å². The van der Waals surface area contributed by atoms with Crippen molar-refractivity contribution in [2.75, 3.05) is 12.4 Å². The van der Waals surface area contributed by atoms with Crippen molar-refractivity contribution in [3.8, 4) is 11.8 Å². The van der Waals surface area contributed by atoms with E-state index in [1.807, 2.05) is 0 Å². The topological polar surface area (TPSA) is 123 Å². The third kappa shape index (κ3) is 6.61. The molecule has 178 valence electrons. The van der Waals surface area contributed by atoms with E-state index in [0.717, 1.165) is 0 Å². The lowest BCUT2D eigenvalue weighted by atomic mass is 10.1. The van der Waals surface area contributed by atoms with Crippen molar-refractivity contribution in [1.29, 1.82) is 5.26 Å². The van der Waals surface area contributed by atoms with Crippen LogP contribution in [0.1, 0.15) is 15.9 Å². The van der Waals surface area contributed by atoms with Crippen molar-refractivity contribution in [3.63, 3.8) is 0 Å². The van der Waals surface area contributed by atoms with E-state index >= 15 is 0 Å². The van der Waals surface area contributed by atoms with Gasteiger partial charge in [-0.3, -0.25) is 4.79 Å². The van der Waals surface area contributed by atoms with E-state index in [-0.39, 0.29) is 21.2 Å². The number of nitriles is 1. The molecule has 0 aliphatic heterocycles. The van der Waals surface area contributed by atoms with Gasteiger partial charge in [-0.2, -0.15) is 13.7 Å². The number of ether oxygens (including phenoxy) is 1. The van der Waals surface area contributed by atoms with Crippen molar-refractivity contribution in [3.05, 3.63) is 93.5 Å². The molecule has 0 radical (unpaired) electrons. The zero-order valence-electron chi connectivity index (χ0n) is 18.0. The first-order valence-corrected chi connectivity index (χ1v) is 11.9. The van der Waals surface area contributed by atoms with E-state index in [4.69, 9.17) is 27.4 Å². The van der Waals surface area contributed by atoms with Crippen LogP contribution >= 0.6 is 23.2 Å². The number of esters is 1. The molecule has 0 saturated carbocycles. The summed E-state index contributed by atoms with van der Waals surface area (Å²) in [6.07, 6.45) is 1.28. The highest BCUT2D eigenvalue weighted by atomic mass is 35.5. The Morgan fingerprint density at radius 1 is 1.00 bits per heavy atom. The van der Waals surface area contributed by atoms with Gasteiger partial charge in [-0.15, -0.1) is 0 Å². The van der Waals surface area contributed by atoms with Crippen LogP contribution in [0, 0.1) is 11.3 Å². The van der Waals surface area contributed by atoms with E-state index in [0.29, 0.717) is 21.8 Å². The molecule has 0 aliphatic carbocycles. The van der Waals surface area contributed by atoms with E-state index in [9.17, 15) is 23.3 Å². The molecule has 35 heavy (non-hydrogen) atoms. The molecular formula is C24H16Cl2N2O6S. The molecule has 0 atom stereocenters. The fourth-order valence-electron chi connectivity index (χ4n) is 2.76. The molecule has 0 saturated heterocycles. The van der Waals surface area contributed by atoms with Crippen LogP contribution in [0.15, 0.2) is 77.2 Å². The number of nitrogens with one attached hydrogen (secondary N) is 1. The maximum absolute atomic E-state index is 12.5. The molecule has 0 unspecified atom stereocenters. The smallest absolute Gasteiger partial charge is 0.339 e. The maximum Gasteiger partial charge on any atom is 0.339 e. The van der Waals surface area contributed by atoms with Gasteiger partial charge in [0.2, 0.25) is 0 Å². The van der Waals surface area contributed by atoms with Crippen LogP contribution < -0.4 is 9.50 Å². The monoisotopic (exact) mass is 530 g/mol. The highest BCUT2D eigenvalue weighted by Gasteiger charge is 2.19. The van der Waals surface area contributed by atoms with Gasteiger partial charge in [0.1, 0.15) is 16.5 Å². The summed E-state index contributed by atoms with van der Waals surface area (Å²) in [6.45, 7) is 0. The van der Waals surface area contributed by atoms with E-state index in [1.165, 1.54) is 79.9 Å². The quantitative estimate of drug-likeness (QED) is 0.195. The summed E-state index contributed by atoms with van der Waals surface area (Å²) in [5.41, 5.74) is 0.786. The van der Waals surface area contributed by atoms with Gasteiger partial charge in [0.15, 0.2) is 5.75 Å². The minimum absolute atomic E-state index is 0.0487. The predicted octanol–water partition coefficient (Wildman–Crippen LogP) is 5.09. The minimum atomic E-state index is -4.16. The number of anilines is 1. The number of carbonyl (C=O) groups excluding carboxylic acids is 2. The Labute approximate surface area is 211 Å². The zero-order valence-corrected chi connectivity index (χ0v) is 20.3. The van der Waals surface area contributed by atoms with Gasteiger partial charge in [-0.05, 0) is 72.3 Å². The summed E-state index contributed by atoms with van der Waals surface area (Å²) in [5, 5.41) is 12.3. The number of hydrogen-bond acceptors (Lipinski definition) is 7. The number of halogens is 2. The van der Waals surface area contributed by atoms with Crippen LogP contribution in [0.2, 0.25) is 10.0 Å². The second-order valence-electron chi connectivity index (χ2n) is 6.87. The number of amides is 1. The molecule has 0 spiro atoms. The zero-order chi connectivity index (χ0) is 25.6. The molecule has 0 heterocycles. The fraction of sp³-hybridized carbons (Fsp3) is 0.0417. The molecule has 0 aliphatic rings. The van der Waals surface area contributed by atoms with Crippen LogP contribution in [0.5, 0.6) is 5.75 Å². The molecule has 1 amide bonds. The average molecular weight is 531 g/mol. The first-order valence-electron chi connectivity index (χ1n) is 9.74. The number of benzene rings is 3. The third-order valence-corrected chi connectivity index (χ3v) is 6.29. The number of methoxy groups -OCH3 is 1. The largest absolute Gasteiger partial charge is 0.465 e. The summed E-state index contributed by atoms with van der Waals surface area (Å²) in [7, 11) is -2.90. The third-order valence-electron chi connectivity index (χ3n) is 4.50. The van der Waals surface area contributed by atoms with Gasteiger partial charge in [-0.1, -0.05) is 29.3 Å². The van der Waals surface area contributed by atoms with Crippen molar-refractivity contribution in [2.45, 2.75) is 4.90 Å². The Kier molecular flexibility index (Phi) is 8.14. The summed E-state index contributed by atoms with van der Waals surface area (Å²) in [5.74, 6) is -1.35. The normalized spacial score (nSPS) is 11.3. The minimum Gasteiger partial charge on any atom is -0.465 e. The van der Waals surface area contributed by atoms with Crippen molar-refractivity contribution in [1.82, 2.24) is 0 Å². The Hall–Kier alpha value is -3.84. The summed E-state index contributed by atoms with van der Waals surface area (Å²) < 4.78 is 34.6. The van der Waals surface area contributed by atoms with Crippen molar-refractivity contribution in [2.24, 2.45) is 0 Å². The molecule has 0 bridgehead atoms. The maximum atomic E-state index is 12.5. The second kappa shape index (κ2) is 11.1. The SMILES string of the molecule is COC(=O)c1ccc(NC(=O)/C(C#N)=C/c2ccc(OS(=O)(=O)c3ccc(Cl)cc3)c(Cl)c2)cc1. The van der Waals surface area contributed by atoms with Gasteiger partial charge in [0.05, 0.1) is 17.7 Å². The number of carbonyl (C=O) groups is 2. The summed E-state index contributed by atoms with van der Waals surface area (Å²) in [6, 6.07) is 17.2. The van der Waals surface area contributed by atoms with Crippen LogP contribution in [0.4, 0.5) is 5.69 Å². The second-order valence-corrected chi connectivity index (χ2v) is 9.26. The molecule has 3 rings (SSSR count). The van der Waals surface area contributed by atoms with Crippen LogP contribution in [-0.4, -0.2) is 27.4 Å². The van der Waals surface area contributed by atoms with Crippen molar-refractivity contribution >= 4 is 57.0 Å². The average Bonchev–Trinajstić information content (AvgIpc) is 2.84. The number of hydrogen-bond donors (Lipinski definition) is 1. The van der Waals surface area contributed by atoms with Gasteiger partial charge in [-0.25, -0.2) is 4.79 Å². The van der Waals surface area contributed by atoms with Crippen molar-refractivity contribution < 1.29 is 26.9 Å². The van der Waals surface area contributed by atoms with Crippen LogP contribution in [-0.2, 0) is 19.6 Å². The van der Waals surface area contributed by atoms with Crippen LogP contribution in [0.3, 0.4) is 0 Å². The fourth-order valence-corrected chi connectivity index (χ4v) is 4.11. The summed E-state index contributed by atoms with van der Waals surface area (Å²) >= 11 is 12.0. The number of nitrogens with zero attached hydrogens (tertiary/aromatic N) is 1. The van der Waals surface area contributed by atoms with Gasteiger partial charge in [0, 0.05) is 10.7 Å². The molecule has 8 nitrogen and oxygen atoms in total. The highest BCUT2D eigenvalue weighted by molar-refractivity contribution is 7.87. The predicted molar refractivity (Wildman–Crippen MR) is 131 cm³/mol. The van der Waals surface area contributed by atoms with E-state index in [2.05, 4.69) is 10.1 Å². The molecule has 3 aromatic rings. The van der Waals surface area contributed by atoms with Gasteiger partial charge < -0.3 is 14.2 Å². The first-order chi connectivity index (χ1) is 16.6. The lowest BCUT2D eigenvalue weighted by molar-refractivity contribution is -0.112. The molecule has 1 N–H and O–H groups in total. The van der Waals surface area contributed by atoms with Crippen LogP contribution in [0.25, 0.3) is 6.08 Å². The summed E-state index contributed by atoms with van der Waals surface area (Å²) in [4.78, 5) is 23.9. The Balaban J connectivity index is 1.76. The molecule has 3 aromatic carbocycles. The Bertz CT molecular complexity index is 1440. The Morgan fingerprint density at radius 2 is 1.66 bits per heavy atom. The lowest BCUT2D eigenvalue weighted by Crippen LogP contribution is -2.13. The molecule has 0 aromatic heterocycles. The molecule has 11 heteroatoms. The standard InChI is InChI=1S/C24H16Cl2N2O6S/c1-33-24(30)16-3-7-19(8-4-16)28-23(29)17(14-27)12-15-2-11-22(21(26)13-15)34-35(31,32)20-9-5-18(25)6-10-20/h2-13H,1H3,(H,28,29)/b17-12+.